The number of hydrogen-bond acceptors (Lipinski definition) is 6. The lowest BCUT2D eigenvalue weighted by atomic mass is 9.99. The van der Waals surface area contributed by atoms with Crippen LogP contribution in [0.25, 0.3) is 0 Å². The zero-order valence-corrected chi connectivity index (χ0v) is 20.7. The Hall–Kier alpha value is -4.01. The Morgan fingerprint density at radius 2 is 1.83 bits per heavy atom. The Labute approximate surface area is 210 Å². The number of carbonyl (C=O) groups excluding carboxylic acids is 2. The fourth-order valence-electron chi connectivity index (χ4n) is 4.29. The van der Waals surface area contributed by atoms with E-state index in [9.17, 15) is 9.59 Å². The van der Waals surface area contributed by atoms with Crippen LogP contribution in [0.3, 0.4) is 0 Å². The van der Waals surface area contributed by atoms with Crippen LogP contribution in [-0.2, 0) is 22.6 Å². The van der Waals surface area contributed by atoms with Gasteiger partial charge in [0, 0.05) is 30.8 Å². The van der Waals surface area contributed by atoms with Gasteiger partial charge >= 0.3 is 0 Å². The van der Waals surface area contributed by atoms with Gasteiger partial charge in [-0.2, -0.15) is 5.10 Å². The molecular formula is C27H32N4O5. The molecule has 36 heavy (non-hydrogen) atoms. The summed E-state index contributed by atoms with van der Waals surface area (Å²) in [5.74, 6) is 2.33. The van der Waals surface area contributed by atoms with Gasteiger partial charge in [-0.1, -0.05) is 18.2 Å². The Morgan fingerprint density at radius 3 is 2.61 bits per heavy atom. The van der Waals surface area contributed by atoms with Gasteiger partial charge in [-0.3, -0.25) is 14.3 Å². The third-order valence-electron chi connectivity index (χ3n) is 6.17. The second-order valence-electron chi connectivity index (χ2n) is 8.80. The minimum absolute atomic E-state index is 0.000791. The molecule has 190 valence electrons. The molecule has 1 aliphatic heterocycles. The Bertz CT molecular complexity index is 1160. The van der Waals surface area contributed by atoms with Crippen LogP contribution in [0.4, 0.5) is 5.69 Å². The third kappa shape index (κ3) is 6.78. The number of nitrogens with one attached hydrogen (secondary N) is 1. The summed E-state index contributed by atoms with van der Waals surface area (Å²) < 4.78 is 18.0. The maximum absolute atomic E-state index is 12.9. The van der Waals surface area contributed by atoms with E-state index in [2.05, 4.69) is 10.4 Å². The summed E-state index contributed by atoms with van der Waals surface area (Å²) in [6.45, 7) is 2.05. The monoisotopic (exact) mass is 492 g/mol. The van der Waals surface area contributed by atoms with Crippen molar-refractivity contribution in [2.24, 2.45) is 5.92 Å². The first kappa shape index (κ1) is 25.1. The van der Waals surface area contributed by atoms with Gasteiger partial charge in [0.1, 0.15) is 23.8 Å². The standard InChI is InChI=1S/C27H32N4O5/c1-34-23-9-11-24(12-10-23)36-19-20-6-5-13-30(16-20)27(33)18-31-17-22(15-28-31)29-26(32)14-21-7-3-4-8-25(21)35-2/h3-4,7-12,15,17,20H,5-6,13-14,16,18-19H2,1-2H3,(H,29,32)/t20-/m1/s1. The number of likely N-dealkylation sites (tertiary alicyclic amines) is 1. The fourth-order valence-corrected chi connectivity index (χ4v) is 4.29. The summed E-state index contributed by atoms with van der Waals surface area (Å²) in [6, 6.07) is 14.9. The quantitative estimate of drug-likeness (QED) is 0.466. The Morgan fingerprint density at radius 1 is 1.06 bits per heavy atom. The van der Waals surface area contributed by atoms with Gasteiger partial charge in [-0.15, -0.1) is 0 Å². The summed E-state index contributed by atoms with van der Waals surface area (Å²) in [6.07, 6.45) is 5.36. The minimum Gasteiger partial charge on any atom is -0.497 e. The van der Waals surface area contributed by atoms with Crippen molar-refractivity contribution in [2.45, 2.75) is 25.8 Å². The lowest BCUT2D eigenvalue weighted by Crippen LogP contribution is -2.43. The summed E-state index contributed by atoms with van der Waals surface area (Å²) in [5.41, 5.74) is 1.35. The van der Waals surface area contributed by atoms with Gasteiger partial charge < -0.3 is 24.4 Å². The molecule has 2 aromatic carbocycles. The number of benzene rings is 2. The molecular weight excluding hydrogens is 460 g/mol. The van der Waals surface area contributed by atoms with E-state index >= 15 is 0 Å². The van der Waals surface area contributed by atoms with Gasteiger partial charge in [-0.05, 0) is 43.2 Å². The molecule has 1 atom stereocenters. The van der Waals surface area contributed by atoms with Crippen molar-refractivity contribution in [3.8, 4) is 17.2 Å². The maximum atomic E-state index is 12.9. The Kier molecular flexibility index (Phi) is 8.44. The largest absolute Gasteiger partial charge is 0.497 e. The van der Waals surface area contributed by atoms with Gasteiger partial charge in [0.05, 0.1) is 39.1 Å². The first-order valence-corrected chi connectivity index (χ1v) is 12.0. The molecule has 3 aromatic rings. The van der Waals surface area contributed by atoms with E-state index in [-0.39, 0.29) is 30.7 Å². The van der Waals surface area contributed by atoms with E-state index in [4.69, 9.17) is 14.2 Å². The average molecular weight is 493 g/mol. The van der Waals surface area contributed by atoms with Crippen molar-refractivity contribution < 1.29 is 23.8 Å². The highest BCUT2D eigenvalue weighted by Crippen LogP contribution is 2.22. The van der Waals surface area contributed by atoms with Crippen molar-refractivity contribution in [3.63, 3.8) is 0 Å². The van der Waals surface area contributed by atoms with Crippen molar-refractivity contribution >= 4 is 17.5 Å². The molecule has 1 N–H and O–H groups in total. The molecule has 1 saturated heterocycles. The normalized spacial score (nSPS) is 15.3. The molecule has 9 nitrogen and oxygen atoms in total. The van der Waals surface area contributed by atoms with Crippen molar-refractivity contribution in [2.75, 3.05) is 39.2 Å². The highest BCUT2D eigenvalue weighted by atomic mass is 16.5. The summed E-state index contributed by atoms with van der Waals surface area (Å²) in [4.78, 5) is 27.2. The highest BCUT2D eigenvalue weighted by Gasteiger charge is 2.24. The maximum Gasteiger partial charge on any atom is 0.244 e. The first-order chi connectivity index (χ1) is 17.5. The van der Waals surface area contributed by atoms with Crippen LogP contribution >= 0.6 is 0 Å². The number of ether oxygens (including phenoxy) is 3. The molecule has 0 saturated carbocycles. The van der Waals surface area contributed by atoms with Crippen LogP contribution in [0, 0.1) is 5.92 Å². The van der Waals surface area contributed by atoms with Gasteiger partial charge in [0.25, 0.3) is 0 Å². The number of aromatic nitrogens is 2. The van der Waals surface area contributed by atoms with E-state index in [1.165, 1.54) is 0 Å². The number of nitrogens with zero attached hydrogens (tertiary/aromatic N) is 3. The number of piperidine rings is 1. The number of amides is 2. The van der Waals surface area contributed by atoms with Crippen LogP contribution in [-0.4, -0.2) is 60.4 Å². The van der Waals surface area contributed by atoms with Crippen molar-refractivity contribution in [3.05, 3.63) is 66.5 Å². The van der Waals surface area contributed by atoms with E-state index in [1.54, 1.807) is 31.3 Å². The van der Waals surface area contributed by atoms with Crippen LogP contribution in [0.5, 0.6) is 17.2 Å². The molecule has 0 unspecified atom stereocenters. The molecule has 0 radical (unpaired) electrons. The number of hydrogen-bond donors (Lipinski definition) is 1. The van der Waals surface area contributed by atoms with Crippen LogP contribution in [0.2, 0.25) is 0 Å². The number of para-hydroxylation sites is 1. The van der Waals surface area contributed by atoms with Crippen LogP contribution < -0.4 is 19.5 Å². The summed E-state index contributed by atoms with van der Waals surface area (Å²) in [5, 5.41) is 7.08. The molecule has 4 rings (SSSR count). The molecule has 1 fully saturated rings. The topological polar surface area (TPSA) is 94.9 Å². The average Bonchev–Trinajstić information content (AvgIpc) is 3.34. The van der Waals surface area contributed by atoms with Crippen molar-refractivity contribution in [1.82, 2.24) is 14.7 Å². The third-order valence-corrected chi connectivity index (χ3v) is 6.17. The van der Waals surface area contributed by atoms with Gasteiger partial charge in [0.2, 0.25) is 11.8 Å². The molecule has 0 spiro atoms. The zero-order chi connectivity index (χ0) is 25.3. The number of carbonyl (C=O) groups is 2. The van der Waals surface area contributed by atoms with Gasteiger partial charge in [-0.25, -0.2) is 0 Å². The zero-order valence-electron chi connectivity index (χ0n) is 20.7. The second-order valence-corrected chi connectivity index (χ2v) is 8.80. The fraction of sp³-hybridized carbons (Fsp3) is 0.370. The summed E-state index contributed by atoms with van der Waals surface area (Å²) >= 11 is 0. The van der Waals surface area contributed by atoms with Gasteiger partial charge in [0.15, 0.2) is 0 Å². The molecule has 1 aliphatic rings. The first-order valence-electron chi connectivity index (χ1n) is 12.0. The predicted molar refractivity (Wildman–Crippen MR) is 135 cm³/mol. The minimum atomic E-state index is -0.180. The Balaban J connectivity index is 1.25. The van der Waals surface area contributed by atoms with Crippen LogP contribution in [0.15, 0.2) is 60.9 Å². The van der Waals surface area contributed by atoms with E-state index in [0.717, 1.165) is 36.4 Å². The smallest absolute Gasteiger partial charge is 0.244 e. The highest BCUT2D eigenvalue weighted by molar-refractivity contribution is 5.92. The van der Waals surface area contributed by atoms with Crippen LogP contribution in [0.1, 0.15) is 18.4 Å². The molecule has 9 heteroatoms. The van der Waals surface area contributed by atoms with Crippen molar-refractivity contribution in [1.29, 1.82) is 0 Å². The SMILES string of the molecule is COc1ccc(OC[C@@H]2CCCN(C(=O)Cn3cc(NC(=O)Cc4ccccc4OC)cn3)C2)cc1. The number of rotatable bonds is 10. The summed E-state index contributed by atoms with van der Waals surface area (Å²) in [7, 11) is 3.21. The lowest BCUT2D eigenvalue weighted by Gasteiger charge is -2.32. The number of methoxy groups -OCH3 is 2. The second kappa shape index (κ2) is 12.1. The lowest BCUT2D eigenvalue weighted by molar-refractivity contribution is -0.134. The molecule has 2 amide bonds. The van der Waals surface area contributed by atoms with E-state index in [0.29, 0.717) is 24.6 Å². The van der Waals surface area contributed by atoms with E-state index < -0.39 is 0 Å². The molecule has 1 aromatic heterocycles. The van der Waals surface area contributed by atoms with E-state index in [1.807, 2.05) is 53.4 Å². The predicted octanol–water partition coefficient (Wildman–Crippen LogP) is 3.40. The number of anilines is 1. The molecule has 0 bridgehead atoms. The molecule has 0 aliphatic carbocycles. The molecule has 2 heterocycles.